The maximum Gasteiger partial charge on any atom is 0.273 e. The lowest BCUT2D eigenvalue weighted by molar-refractivity contribution is 0.0935. The highest BCUT2D eigenvalue weighted by Crippen LogP contribution is 2.16. The van der Waals surface area contributed by atoms with Crippen LogP contribution in [0, 0.1) is 0 Å². The molecule has 0 aliphatic carbocycles. The van der Waals surface area contributed by atoms with Gasteiger partial charge in [-0.3, -0.25) is 4.79 Å². The number of hydrogen-bond donors (Lipinski definition) is 2. The standard InChI is InChI=1S/C11H11BrN4O/c1-7(8-2-4-9(12)5-3-8)14-11(17)10-6-13-16-15-10/h2-7H,1H3,(H,14,17)(H,13,15,16). The predicted octanol–water partition coefficient (Wildman–Crippen LogP) is 2.06. The van der Waals surface area contributed by atoms with Crippen LogP contribution in [0.2, 0.25) is 0 Å². The van der Waals surface area contributed by atoms with Crippen LogP contribution in [0.15, 0.2) is 34.9 Å². The van der Waals surface area contributed by atoms with Gasteiger partial charge in [-0.25, -0.2) is 0 Å². The van der Waals surface area contributed by atoms with Crippen LogP contribution in [0.25, 0.3) is 0 Å². The van der Waals surface area contributed by atoms with E-state index in [-0.39, 0.29) is 17.6 Å². The zero-order valence-corrected chi connectivity index (χ0v) is 10.7. The van der Waals surface area contributed by atoms with E-state index < -0.39 is 0 Å². The Labute approximate surface area is 107 Å². The molecule has 1 aromatic heterocycles. The van der Waals surface area contributed by atoms with Crippen LogP contribution < -0.4 is 5.32 Å². The Morgan fingerprint density at radius 3 is 2.71 bits per heavy atom. The highest BCUT2D eigenvalue weighted by molar-refractivity contribution is 9.10. The molecular weight excluding hydrogens is 284 g/mol. The van der Waals surface area contributed by atoms with Gasteiger partial charge in [-0.05, 0) is 24.6 Å². The Bertz CT molecular complexity index is 495. The minimum Gasteiger partial charge on any atom is -0.344 e. The number of benzene rings is 1. The van der Waals surface area contributed by atoms with Crippen LogP contribution in [0.4, 0.5) is 0 Å². The number of nitrogens with zero attached hydrogens (tertiary/aromatic N) is 2. The molecule has 0 aliphatic rings. The summed E-state index contributed by atoms with van der Waals surface area (Å²) in [5.74, 6) is -0.242. The van der Waals surface area contributed by atoms with Gasteiger partial charge in [-0.2, -0.15) is 15.4 Å². The topological polar surface area (TPSA) is 70.7 Å². The monoisotopic (exact) mass is 294 g/mol. The molecule has 1 atom stereocenters. The van der Waals surface area contributed by atoms with E-state index in [1.165, 1.54) is 6.20 Å². The molecule has 17 heavy (non-hydrogen) atoms. The maximum atomic E-state index is 11.7. The van der Waals surface area contributed by atoms with Gasteiger partial charge in [-0.1, -0.05) is 28.1 Å². The first-order valence-corrected chi connectivity index (χ1v) is 5.88. The van der Waals surface area contributed by atoms with Gasteiger partial charge in [0.25, 0.3) is 5.91 Å². The Kier molecular flexibility index (Phi) is 3.53. The van der Waals surface area contributed by atoms with E-state index in [0.717, 1.165) is 10.0 Å². The molecule has 5 nitrogen and oxygen atoms in total. The van der Waals surface area contributed by atoms with Crippen LogP contribution in [0.3, 0.4) is 0 Å². The van der Waals surface area contributed by atoms with Crippen LogP contribution >= 0.6 is 15.9 Å². The van der Waals surface area contributed by atoms with Crippen LogP contribution in [0.1, 0.15) is 29.0 Å². The minimum atomic E-state index is -0.242. The van der Waals surface area contributed by atoms with Gasteiger partial charge in [0.1, 0.15) is 0 Å². The number of aromatic nitrogens is 3. The number of hydrogen-bond acceptors (Lipinski definition) is 3. The van der Waals surface area contributed by atoms with Crippen molar-refractivity contribution in [3.05, 3.63) is 46.2 Å². The van der Waals surface area contributed by atoms with Gasteiger partial charge in [0.2, 0.25) is 0 Å². The summed E-state index contributed by atoms with van der Waals surface area (Å²) < 4.78 is 1.01. The summed E-state index contributed by atoms with van der Waals surface area (Å²) in [5, 5.41) is 12.6. The molecule has 88 valence electrons. The number of carbonyl (C=O) groups is 1. The zero-order chi connectivity index (χ0) is 12.3. The molecule has 0 bridgehead atoms. The molecule has 0 saturated carbocycles. The van der Waals surface area contributed by atoms with Gasteiger partial charge >= 0.3 is 0 Å². The lowest BCUT2D eigenvalue weighted by Crippen LogP contribution is -2.26. The third kappa shape index (κ3) is 2.91. The third-order valence-corrected chi connectivity index (χ3v) is 2.89. The highest BCUT2D eigenvalue weighted by atomic mass is 79.9. The van der Waals surface area contributed by atoms with E-state index in [1.54, 1.807) is 0 Å². The molecule has 0 saturated heterocycles. The van der Waals surface area contributed by atoms with Crippen molar-refractivity contribution in [1.82, 2.24) is 20.7 Å². The first kappa shape index (κ1) is 11.8. The molecule has 0 spiro atoms. The molecule has 2 N–H and O–H groups in total. The summed E-state index contributed by atoms with van der Waals surface area (Å²) in [5.41, 5.74) is 1.32. The summed E-state index contributed by atoms with van der Waals surface area (Å²) >= 11 is 3.37. The quantitative estimate of drug-likeness (QED) is 0.910. The average Bonchev–Trinajstić information content (AvgIpc) is 2.83. The number of rotatable bonds is 3. The van der Waals surface area contributed by atoms with Gasteiger partial charge in [-0.15, -0.1) is 0 Å². The second-order valence-electron chi connectivity index (χ2n) is 3.60. The fourth-order valence-electron chi connectivity index (χ4n) is 1.42. The fraction of sp³-hybridized carbons (Fsp3) is 0.182. The van der Waals surface area contributed by atoms with Gasteiger partial charge in [0.15, 0.2) is 5.69 Å². The number of nitrogens with one attached hydrogen (secondary N) is 2. The van der Waals surface area contributed by atoms with Crippen LogP contribution in [-0.4, -0.2) is 21.3 Å². The van der Waals surface area contributed by atoms with Crippen molar-refractivity contribution in [1.29, 1.82) is 0 Å². The summed E-state index contributed by atoms with van der Waals surface area (Å²) in [6.45, 7) is 1.92. The van der Waals surface area contributed by atoms with Gasteiger partial charge in [0, 0.05) is 4.47 Å². The zero-order valence-electron chi connectivity index (χ0n) is 9.14. The Hall–Kier alpha value is -1.69. The van der Waals surface area contributed by atoms with Crippen molar-refractivity contribution in [2.75, 3.05) is 0 Å². The Morgan fingerprint density at radius 1 is 1.41 bits per heavy atom. The van der Waals surface area contributed by atoms with Gasteiger partial charge < -0.3 is 5.32 Å². The van der Waals surface area contributed by atoms with Crippen molar-refractivity contribution in [2.24, 2.45) is 0 Å². The SMILES string of the molecule is CC(NC(=O)c1cn[nH]n1)c1ccc(Br)cc1. The molecule has 0 radical (unpaired) electrons. The number of H-pyrrole nitrogens is 1. The molecule has 0 aliphatic heterocycles. The smallest absolute Gasteiger partial charge is 0.273 e. The molecular formula is C11H11BrN4O. The highest BCUT2D eigenvalue weighted by Gasteiger charge is 2.13. The first-order chi connectivity index (χ1) is 8.16. The number of aromatic amines is 1. The number of carbonyl (C=O) groups excluding carboxylic acids is 1. The number of halogens is 1. The summed E-state index contributed by atoms with van der Waals surface area (Å²) in [6.07, 6.45) is 1.39. The maximum absolute atomic E-state index is 11.7. The van der Waals surface area contributed by atoms with E-state index in [0.29, 0.717) is 0 Å². The average molecular weight is 295 g/mol. The van der Waals surface area contributed by atoms with Crippen molar-refractivity contribution in [2.45, 2.75) is 13.0 Å². The van der Waals surface area contributed by atoms with Crippen molar-refractivity contribution < 1.29 is 4.79 Å². The summed E-state index contributed by atoms with van der Waals surface area (Å²) in [4.78, 5) is 11.7. The minimum absolute atomic E-state index is 0.0766. The lowest BCUT2D eigenvalue weighted by Gasteiger charge is -2.13. The predicted molar refractivity (Wildman–Crippen MR) is 66.4 cm³/mol. The Balaban J connectivity index is 2.04. The normalized spacial score (nSPS) is 12.1. The molecule has 0 fully saturated rings. The molecule has 2 rings (SSSR count). The van der Waals surface area contributed by atoms with E-state index >= 15 is 0 Å². The van der Waals surface area contributed by atoms with E-state index in [1.807, 2.05) is 31.2 Å². The van der Waals surface area contributed by atoms with Crippen LogP contribution in [-0.2, 0) is 0 Å². The summed E-state index contributed by atoms with van der Waals surface area (Å²) in [7, 11) is 0. The second-order valence-corrected chi connectivity index (χ2v) is 4.52. The number of amides is 1. The van der Waals surface area contributed by atoms with E-state index in [9.17, 15) is 4.79 Å². The molecule has 1 amide bonds. The van der Waals surface area contributed by atoms with E-state index in [4.69, 9.17) is 0 Å². The second kappa shape index (κ2) is 5.09. The first-order valence-electron chi connectivity index (χ1n) is 5.09. The molecule has 1 heterocycles. The molecule has 2 aromatic rings. The van der Waals surface area contributed by atoms with Gasteiger partial charge in [0.05, 0.1) is 12.2 Å². The van der Waals surface area contributed by atoms with E-state index in [2.05, 4.69) is 36.7 Å². The largest absolute Gasteiger partial charge is 0.344 e. The van der Waals surface area contributed by atoms with Crippen molar-refractivity contribution in [3.63, 3.8) is 0 Å². The summed E-state index contributed by atoms with van der Waals surface area (Å²) in [6, 6.07) is 7.71. The molecule has 6 heteroatoms. The fourth-order valence-corrected chi connectivity index (χ4v) is 1.68. The molecule has 1 unspecified atom stereocenters. The lowest BCUT2D eigenvalue weighted by atomic mass is 10.1. The van der Waals surface area contributed by atoms with Crippen LogP contribution in [0.5, 0.6) is 0 Å². The Morgan fingerprint density at radius 2 is 2.12 bits per heavy atom. The molecule has 1 aromatic carbocycles. The third-order valence-electron chi connectivity index (χ3n) is 2.37. The van der Waals surface area contributed by atoms with Crippen molar-refractivity contribution >= 4 is 21.8 Å². The van der Waals surface area contributed by atoms with Crippen molar-refractivity contribution in [3.8, 4) is 0 Å².